The van der Waals surface area contributed by atoms with Gasteiger partial charge in [-0.15, -0.1) is 0 Å². The maximum atomic E-state index is 10.6. The summed E-state index contributed by atoms with van der Waals surface area (Å²) in [5.41, 5.74) is 9.00. The molecule has 5 nitrogen and oxygen atoms in total. The monoisotopic (exact) mass is 271 g/mol. The zero-order chi connectivity index (χ0) is 13.5. The van der Waals surface area contributed by atoms with Gasteiger partial charge in [0.1, 0.15) is 0 Å². The van der Waals surface area contributed by atoms with Crippen LogP contribution in [0.2, 0.25) is 0 Å². The van der Waals surface area contributed by atoms with Crippen molar-refractivity contribution in [2.75, 3.05) is 18.4 Å². The molecule has 0 fully saturated rings. The molecule has 0 aromatic heterocycles. The Kier molecular flexibility index (Phi) is 6.28. The first-order chi connectivity index (χ1) is 8.52. The van der Waals surface area contributed by atoms with Crippen molar-refractivity contribution in [1.82, 2.24) is 4.72 Å². The van der Waals surface area contributed by atoms with Crippen molar-refractivity contribution in [2.45, 2.75) is 26.3 Å². The highest BCUT2D eigenvalue weighted by molar-refractivity contribution is 7.77. The van der Waals surface area contributed by atoms with Crippen LogP contribution in [0, 0.1) is 6.92 Å². The van der Waals surface area contributed by atoms with E-state index in [0.717, 1.165) is 12.1 Å². The minimum atomic E-state index is -1.97. The number of nitrogens with one attached hydrogen (secondary N) is 2. The molecule has 0 aliphatic heterocycles. The Bertz CT molecular complexity index is 412. The summed E-state index contributed by atoms with van der Waals surface area (Å²) >= 11 is -1.97. The second kappa shape index (κ2) is 7.48. The van der Waals surface area contributed by atoms with Gasteiger partial charge in [-0.1, -0.05) is 6.07 Å². The molecule has 18 heavy (non-hydrogen) atoms. The first kappa shape index (κ1) is 15.1. The molecule has 0 saturated carbocycles. The van der Waals surface area contributed by atoms with E-state index in [2.05, 4.69) is 29.1 Å². The smallest absolute Gasteiger partial charge is 0.232 e. The Morgan fingerprint density at radius 2 is 2.22 bits per heavy atom. The lowest BCUT2D eigenvalue weighted by Gasteiger charge is -2.14. The van der Waals surface area contributed by atoms with Gasteiger partial charge in [0.2, 0.25) is 11.3 Å². The Morgan fingerprint density at radius 3 is 2.78 bits per heavy atom. The molecule has 2 atom stereocenters. The first-order valence-electron chi connectivity index (χ1n) is 5.93. The lowest BCUT2D eigenvalue weighted by molar-refractivity contribution is 0.535. The van der Waals surface area contributed by atoms with Gasteiger partial charge in [0.15, 0.2) is 0 Å². The largest absolute Gasteiger partial charge is 0.383 e. The van der Waals surface area contributed by atoms with E-state index in [1.807, 2.05) is 13.0 Å². The minimum absolute atomic E-state index is 0.0835. The SMILES string of the molecule is Cc1cc(NCC(C)NS(=O)O)ccc1CCN. The molecule has 0 aliphatic rings. The summed E-state index contributed by atoms with van der Waals surface area (Å²) in [7, 11) is 0. The van der Waals surface area contributed by atoms with Gasteiger partial charge in [-0.05, 0) is 50.1 Å². The summed E-state index contributed by atoms with van der Waals surface area (Å²) in [5, 5.41) is 3.22. The number of aryl methyl sites for hydroxylation is 1. The van der Waals surface area contributed by atoms with Gasteiger partial charge < -0.3 is 11.1 Å². The molecule has 2 unspecified atom stereocenters. The first-order valence-corrected chi connectivity index (χ1v) is 7.04. The van der Waals surface area contributed by atoms with Crippen LogP contribution in [0.15, 0.2) is 18.2 Å². The number of rotatable bonds is 7. The summed E-state index contributed by atoms with van der Waals surface area (Å²) in [5.74, 6) is 0. The van der Waals surface area contributed by atoms with E-state index >= 15 is 0 Å². The highest BCUT2D eigenvalue weighted by Crippen LogP contribution is 2.15. The van der Waals surface area contributed by atoms with Crippen LogP contribution in [0.25, 0.3) is 0 Å². The van der Waals surface area contributed by atoms with Gasteiger partial charge in [0.25, 0.3) is 0 Å². The van der Waals surface area contributed by atoms with Crippen LogP contribution in [0.5, 0.6) is 0 Å². The molecule has 102 valence electrons. The van der Waals surface area contributed by atoms with Gasteiger partial charge in [-0.3, -0.25) is 4.55 Å². The van der Waals surface area contributed by atoms with Crippen molar-refractivity contribution >= 4 is 17.0 Å². The number of hydrogen-bond donors (Lipinski definition) is 4. The summed E-state index contributed by atoms with van der Waals surface area (Å²) < 4.78 is 21.7. The van der Waals surface area contributed by atoms with Crippen molar-refractivity contribution in [1.29, 1.82) is 0 Å². The average Bonchev–Trinajstić information content (AvgIpc) is 2.29. The Labute approximate surface area is 111 Å². The summed E-state index contributed by atoms with van der Waals surface area (Å²) in [6, 6.07) is 6.04. The fraction of sp³-hybridized carbons (Fsp3) is 0.500. The molecule has 1 aromatic carbocycles. The topological polar surface area (TPSA) is 87.4 Å². The van der Waals surface area contributed by atoms with Crippen molar-refractivity contribution in [3.8, 4) is 0 Å². The molecule has 1 rings (SSSR count). The predicted molar refractivity (Wildman–Crippen MR) is 75.8 cm³/mol. The summed E-state index contributed by atoms with van der Waals surface area (Å²) in [6.45, 7) is 5.14. The lowest BCUT2D eigenvalue weighted by Crippen LogP contribution is -2.33. The van der Waals surface area contributed by atoms with E-state index in [1.165, 1.54) is 11.1 Å². The maximum Gasteiger partial charge on any atom is 0.232 e. The minimum Gasteiger partial charge on any atom is -0.383 e. The van der Waals surface area contributed by atoms with E-state index in [-0.39, 0.29) is 6.04 Å². The number of anilines is 1. The van der Waals surface area contributed by atoms with Gasteiger partial charge in [-0.2, -0.15) is 0 Å². The molecule has 0 saturated heterocycles. The summed E-state index contributed by atoms with van der Waals surface area (Å²) in [4.78, 5) is 0. The maximum absolute atomic E-state index is 10.6. The fourth-order valence-corrected chi connectivity index (χ4v) is 2.15. The van der Waals surface area contributed by atoms with Crippen LogP contribution < -0.4 is 15.8 Å². The molecule has 5 N–H and O–H groups in total. The lowest BCUT2D eigenvalue weighted by atomic mass is 10.1. The third-order valence-corrected chi connectivity index (χ3v) is 3.27. The number of nitrogens with two attached hydrogens (primary N) is 1. The second-order valence-electron chi connectivity index (χ2n) is 4.33. The third-order valence-electron chi connectivity index (χ3n) is 2.67. The van der Waals surface area contributed by atoms with Crippen molar-refractivity contribution in [2.24, 2.45) is 5.73 Å². The van der Waals surface area contributed by atoms with Crippen LogP contribution in [0.1, 0.15) is 18.1 Å². The van der Waals surface area contributed by atoms with Gasteiger partial charge in [-0.25, -0.2) is 8.93 Å². The van der Waals surface area contributed by atoms with Crippen LogP contribution in [0.4, 0.5) is 5.69 Å². The fourth-order valence-electron chi connectivity index (χ4n) is 1.73. The quantitative estimate of drug-likeness (QED) is 0.558. The Morgan fingerprint density at radius 1 is 1.50 bits per heavy atom. The molecule has 0 amide bonds. The van der Waals surface area contributed by atoms with E-state index in [1.54, 1.807) is 0 Å². The molecule has 1 aromatic rings. The van der Waals surface area contributed by atoms with Crippen molar-refractivity contribution < 1.29 is 8.76 Å². The van der Waals surface area contributed by atoms with Crippen LogP contribution in [0.3, 0.4) is 0 Å². The van der Waals surface area contributed by atoms with Gasteiger partial charge in [0, 0.05) is 18.3 Å². The van der Waals surface area contributed by atoms with Crippen LogP contribution in [-0.2, 0) is 17.7 Å². The average molecular weight is 271 g/mol. The van der Waals surface area contributed by atoms with Gasteiger partial charge >= 0.3 is 0 Å². The molecular formula is C12H21N3O2S. The molecule has 0 spiro atoms. The number of benzene rings is 1. The molecule has 0 aliphatic carbocycles. The van der Waals surface area contributed by atoms with Crippen LogP contribution >= 0.6 is 0 Å². The zero-order valence-electron chi connectivity index (χ0n) is 10.8. The van der Waals surface area contributed by atoms with E-state index in [9.17, 15) is 4.21 Å². The highest BCUT2D eigenvalue weighted by atomic mass is 32.2. The molecular weight excluding hydrogens is 250 g/mol. The summed E-state index contributed by atoms with van der Waals surface area (Å²) in [6.07, 6.45) is 0.883. The van der Waals surface area contributed by atoms with Crippen LogP contribution in [-0.4, -0.2) is 27.9 Å². The standard InChI is InChI=1S/C12H21N3O2S/c1-9-7-12(4-3-11(9)5-6-13)14-8-10(2)15-18(16)17/h3-4,7,10,14-15H,5-6,8,13H2,1-2H3,(H,16,17). The van der Waals surface area contributed by atoms with Crippen molar-refractivity contribution in [3.05, 3.63) is 29.3 Å². The number of hydrogen-bond acceptors (Lipinski definition) is 3. The normalized spacial score (nSPS) is 14.2. The van der Waals surface area contributed by atoms with Crippen molar-refractivity contribution in [3.63, 3.8) is 0 Å². The Balaban J connectivity index is 2.53. The Hall–Kier alpha value is -0.950. The zero-order valence-corrected chi connectivity index (χ0v) is 11.6. The highest BCUT2D eigenvalue weighted by Gasteiger charge is 2.04. The van der Waals surface area contributed by atoms with E-state index in [4.69, 9.17) is 10.3 Å². The van der Waals surface area contributed by atoms with E-state index < -0.39 is 11.3 Å². The van der Waals surface area contributed by atoms with E-state index in [0.29, 0.717) is 13.1 Å². The van der Waals surface area contributed by atoms with Gasteiger partial charge in [0.05, 0.1) is 0 Å². The molecule has 0 bridgehead atoms. The third kappa shape index (κ3) is 5.14. The molecule has 0 heterocycles. The molecule has 0 radical (unpaired) electrons. The molecule has 6 heteroatoms. The predicted octanol–water partition coefficient (Wildman–Crippen LogP) is 1.02. The second-order valence-corrected chi connectivity index (χ2v) is 5.06.